The van der Waals surface area contributed by atoms with E-state index in [0.717, 1.165) is 23.1 Å². The number of hydrogen-bond acceptors (Lipinski definition) is 4. The normalized spacial score (nSPS) is 11.0. The number of nitrogens with one attached hydrogen (secondary N) is 1. The van der Waals surface area contributed by atoms with Crippen LogP contribution in [0.3, 0.4) is 0 Å². The van der Waals surface area contributed by atoms with Crippen LogP contribution >= 0.6 is 23.4 Å². The monoisotopic (exact) mass is 352 g/mol. The minimum atomic E-state index is -0.0910. The number of hydrogen-bond donors (Lipinski definition) is 1. The highest BCUT2D eigenvalue weighted by Crippen LogP contribution is 2.23. The van der Waals surface area contributed by atoms with Gasteiger partial charge in [-0.1, -0.05) is 43.3 Å². The van der Waals surface area contributed by atoms with E-state index >= 15 is 0 Å². The zero-order chi connectivity index (χ0) is 17.0. The maximum atomic E-state index is 12.1. The molecule has 0 radical (unpaired) electrons. The summed E-state index contributed by atoms with van der Waals surface area (Å²) in [5, 5.41) is 12.7. The van der Waals surface area contributed by atoms with Crippen LogP contribution in [0.4, 0.5) is 5.69 Å². The molecule has 1 heterocycles. The first kappa shape index (κ1) is 17.8. The van der Waals surface area contributed by atoms with Gasteiger partial charge in [0.05, 0.1) is 5.75 Å². The summed E-state index contributed by atoms with van der Waals surface area (Å²) in [4.78, 5) is 12.1. The van der Waals surface area contributed by atoms with Crippen LogP contribution in [-0.4, -0.2) is 26.4 Å². The first-order chi connectivity index (χ1) is 10.9. The molecule has 0 fully saturated rings. The van der Waals surface area contributed by atoms with Gasteiger partial charge in [0.1, 0.15) is 5.82 Å². The summed E-state index contributed by atoms with van der Waals surface area (Å²) in [7, 11) is 0. The number of aryl methyl sites for hydroxylation is 1. The van der Waals surface area contributed by atoms with E-state index in [-0.39, 0.29) is 11.7 Å². The number of carbonyl (C=O) groups is 1. The molecule has 1 N–H and O–H groups in total. The van der Waals surface area contributed by atoms with Gasteiger partial charge in [0.2, 0.25) is 5.91 Å². The average molecular weight is 353 g/mol. The summed E-state index contributed by atoms with van der Waals surface area (Å²) in [5.74, 6) is 1.44. The lowest BCUT2D eigenvalue weighted by Gasteiger charge is -2.09. The van der Waals surface area contributed by atoms with Crippen LogP contribution < -0.4 is 5.32 Å². The Bertz CT molecular complexity index is 699. The van der Waals surface area contributed by atoms with Gasteiger partial charge in [-0.05, 0) is 31.5 Å². The predicted octanol–water partition coefficient (Wildman–Crippen LogP) is 4.11. The highest BCUT2D eigenvalue weighted by atomic mass is 35.5. The number of nitrogens with zero attached hydrogens (tertiary/aromatic N) is 3. The summed E-state index contributed by atoms with van der Waals surface area (Å²) in [6.07, 6.45) is 0. The van der Waals surface area contributed by atoms with Crippen molar-refractivity contribution in [1.82, 2.24) is 14.8 Å². The zero-order valence-electron chi connectivity index (χ0n) is 13.8. The SMILES string of the molecule is CCn1c(SCC(=O)Nc2ccc(C)c(Cl)c2)nnc1C(C)C. The number of rotatable bonds is 6. The molecular weight excluding hydrogens is 332 g/mol. The lowest BCUT2D eigenvalue weighted by molar-refractivity contribution is -0.113. The van der Waals surface area contributed by atoms with E-state index in [1.165, 1.54) is 11.8 Å². The third-order valence-electron chi connectivity index (χ3n) is 3.37. The van der Waals surface area contributed by atoms with Crippen molar-refractivity contribution in [2.45, 2.75) is 45.3 Å². The Morgan fingerprint density at radius 2 is 2.13 bits per heavy atom. The molecular formula is C16H21ClN4OS. The molecule has 1 amide bonds. The summed E-state index contributed by atoms with van der Waals surface area (Å²) in [6, 6.07) is 5.48. The summed E-state index contributed by atoms with van der Waals surface area (Å²) >= 11 is 7.45. The van der Waals surface area contributed by atoms with Gasteiger partial charge in [-0.2, -0.15) is 0 Å². The molecule has 1 aromatic heterocycles. The molecule has 5 nitrogen and oxygen atoms in total. The molecule has 0 spiro atoms. The Hall–Kier alpha value is -1.53. The Labute approximate surface area is 145 Å². The second-order valence-electron chi connectivity index (χ2n) is 5.54. The lowest BCUT2D eigenvalue weighted by Crippen LogP contribution is -2.15. The fourth-order valence-electron chi connectivity index (χ4n) is 2.13. The van der Waals surface area contributed by atoms with Crippen molar-refractivity contribution < 1.29 is 4.79 Å². The number of anilines is 1. The lowest BCUT2D eigenvalue weighted by atomic mass is 10.2. The summed E-state index contributed by atoms with van der Waals surface area (Å²) < 4.78 is 2.05. The maximum Gasteiger partial charge on any atom is 0.234 e. The van der Waals surface area contributed by atoms with Crippen LogP contribution in [0.2, 0.25) is 5.02 Å². The summed E-state index contributed by atoms with van der Waals surface area (Å²) in [5.41, 5.74) is 1.68. The molecule has 0 aliphatic carbocycles. The molecule has 0 unspecified atom stereocenters. The van der Waals surface area contributed by atoms with Crippen LogP contribution in [0.1, 0.15) is 38.1 Å². The van der Waals surface area contributed by atoms with Gasteiger partial charge in [0, 0.05) is 23.2 Å². The molecule has 7 heteroatoms. The fraction of sp³-hybridized carbons (Fsp3) is 0.438. The van der Waals surface area contributed by atoms with Crippen molar-refractivity contribution in [3.8, 4) is 0 Å². The Morgan fingerprint density at radius 1 is 1.39 bits per heavy atom. The van der Waals surface area contributed by atoms with Crippen molar-refractivity contribution in [2.24, 2.45) is 0 Å². The van der Waals surface area contributed by atoms with E-state index in [0.29, 0.717) is 16.6 Å². The van der Waals surface area contributed by atoms with Crippen molar-refractivity contribution in [3.05, 3.63) is 34.6 Å². The van der Waals surface area contributed by atoms with E-state index in [1.807, 2.05) is 30.5 Å². The molecule has 23 heavy (non-hydrogen) atoms. The van der Waals surface area contributed by atoms with Crippen LogP contribution in [-0.2, 0) is 11.3 Å². The number of benzene rings is 1. The standard InChI is InChI=1S/C16H21ClN4OS/c1-5-21-15(10(2)3)19-20-16(21)23-9-14(22)18-12-7-6-11(4)13(17)8-12/h6-8,10H,5,9H2,1-4H3,(H,18,22). The third kappa shape index (κ3) is 4.48. The van der Waals surface area contributed by atoms with Crippen molar-refractivity contribution in [3.63, 3.8) is 0 Å². The topological polar surface area (TPSA) is 59.8 Å². The highest BCUT2D eigenvalue weighted by molar-refractivity contribution is 7.99. The van der Waals surface area contributed by atoms with Crippen LogP contribution in [0.25, 0.3) is 0 Å². The molecule has 2 aromatic rings. The first-order valence-electron chi connectivity index (χ1n) is 7.54. The largest absolute Gasteiger partial charge is 0.325 e. The fourth-order valence-corrected chi connectivity index (χ4v) is 3.12. The van der Waals surface area contributed by atoms with E-state index < -0.39 is 0 Å². The second kappa shape index (κ2) is 7.84. The molecule has 0 aliphatic heterocycles. The molecule has 2 rings (SSSR count). The van der Waals surface area contributed by atoms with E-state index in [9.17, 15) is 4.79 Å². The quantitative estimate of drug-likeness (QED) is 0.794. The smallest absolute Gasteiger partial charge is 0.234 e. The van der Waals surface area contributed by atoms with Crippen molar-refractivity contribution in [1.29, 1.82) is 0 Å². The number of thioether (sulfide) groups is 1. The van der Waals surface area contributed by atoms with Crippen LogP contribution in [0, 0.1) is 6.92 Å². The van der Waals surface area contributed by atoms with Gasteiger partial charge in [0.15, 0.2) is 5.16 Å². The molecule has 0 saturated carbocycles. The average Bonchev–Trinajstić information content (AvgIpc) is 2.92. The van der Waals surface area contributed by atoms with Gasteiger partial charge >= 0.3 is 0 Å². The van der Waals surface area contributed by atoms with E-state index in [2.05, 4.69) is 29.4 Å². The Balaban J connectivity index is 1.98. The van der Waals surface area contributed by atoms with Gasteiger partial charge in [0.25, 0.3) is 0 Å². The zero-order valence-corrected chi connectivity index (χ0v) is 15.3. The number of amides is 1. The molecule has 0 atom stereocenters. The summed E-state index contributed by atoms with van der Waals surface area (Å²) in [6.45, 7) is 8.93. The van der Waals surface area contributed by atoms with E-state index in [4.69, 9.17) is 11.6 Å². The van der Waals surface area contributed by atoms with Crippen LogP contribution in [0.15, 0.2) is 23.4 Å². The first-order valence-corrected chi connectivity index (χ1v) is 8.90. The molecule has 124 valence electrons. The van der Waals surface area contributed by atoms with Crippen molar-refractivity contribution in [2.75, 3.05) is 11.1 Å². The molecule has 0 bridgehead atoms. The van der Waals surface area contributed by atoms with Crippen LogP contribution in [0.5, 0.6) is 0 Å². The third-order valence-corrected chi connectivity index (χ3v) is 4.74. The Morgan fingerprint density at radius 3 is 2.74 bits per heavy atom. The van der Waals surface area contributed by atoms with Crippen molar-refractivity contribution >= 4 is 35.0 Å². The second-order valence-corrected chi connectivity index (χ2v) is 6.89. The number of aromatic nitrogens is 3. The number of halogens is 1. The minimum absolute atomic E-state index is 0.0910. The van der Waals surface area contributed by atoms with Gasteiger partial charge in [-0.25, -0.2) is 0 Å². The van der Waals surface area contributed by atoms with Gasteiger partial charge < -0.3 is 9.88 Å². The number of carbonyl (C=O) groups excluding carboxylic acids is 1. The maximum absolute atomic E-state index is 12.1. The Kier molecular flexibility index (Phi) is 6.07. The van der Waals surface area contributed by atoms with Gasteiger partial charge in [-0.3, -0.25) is 4.79 Å². The predicted molar refractivity (Wildman–Crippen MR) is 95.3 cm³/mol. The molecule has 1 aromatic carbocycles. The molecule has 0 aliphatic rings. The molecule has 0 saturated heterocycles. The van der Waals surface area contributed by atoms with E-state index in [1.54, 1.807) is 6.07 Å². The van der Waals surface area contributed by atoms with Gasteiger partial charge in [-0.15, -0.1) is 10.2 Å². The minimum Gasteiger partial charge on any atom is -0.325 e. The highest BCUT2D eigenvalue weighted by Gasteiger charge is 2.15.